The number of carbonyl (C=O) groups excluding carboxylic acids is 2. The third-order valence-corrected chi connectivity index (χ3v) is 6.28. The number of para-hydroxylation sites is 2. The van der Waals surface area contributed by atoms with Crippen molar-refractivity contribution >= 4 is 28.6 Å². The highest BCUT2D eigenvalue weighted by Gasteiger charge is 2.42. The Hall–Kier alpha value is -3.86. The molecule has 1 aromatic heterocycles. The van der Waals surface area contributed by atoms with Gasteiger partial charge in [0.25, 0.3) is 0 Å². The molecule has 0 saturated carbocycles. The molecule has 0 N–H and O–H groups in total. The summed E-state index contributed by atoms with van der Waals surface area (Å²) in [7, 11) is 0. The highest BCUT2D eigenvalue weighted by atomic mass is 16.3. The van der Waals surface area contributed by atoms with Crippen LogP contribution in [0.5, 0.6) is 0 Å². The maximum atomic E-state index is 13.3. The number of rotatable bonds is 2. The second kappa shape index (κ2) is 6.84. The highest BCUT2D eigenvalue weighted by Crippen LogP contribution is 2.40. The lowest BCUT2D eigenvalue weighted by atomic mass is 9.87. The molecule has 6 rings (SSSR count). The molecule has 2 aliphatic rings. The molecule has 152 valence electrons. The number of nitrogens with zero attached hydrogens (tertiary/aromatic N) is 2. The van der Waals surface area contributed by atoms with Gasteiger partial charge in [0.15, 0.2) is 0 Å². The third kappa shape index (κ3) is 2.85. The number of benzene rings is 3. The first-order valence-electron chi connectivity index (χ1n) is 10.5. The molecule has 0 bridgehead atoms. The molecule has 3 aromatic carbocycles. The molecule has 2 aliphatic heterocycles. The molecule has 1 saturated heterocycles. The van der Waals surface area contributed by atoms with Gasteiger partial charge in [-0.1, -0.05) is 48.5 Å². The van der Waals surface area contributed by atoms with E-state index in [1.165, 1.54) is 10.5 Å². The molecule has 31 heavy (non-hydrogen) atoms. The van der Waals surface area contributed by atoms with Gasteiger partial charge in [0.05, 0.1) is 18.2 Å². The van der Waals surface area contributed by atoms with Crippen molar-refractivity contribution in [2.75, 3.05) is 11.4 Å². The first-order chi connectivity index (χ1) is 15.2. The first-order valence-corrected chi connectivity index (χ1v) is 10.5. The zero-order valence-electron chi connectivity index (χ0n) is 16.8. The van der Waals surface area contributed by atoms with Gasteiger partial charge in [-0.25, -0.2) is 9.69 Å². The SMILES string of the molecule is O=C1CC2c3cc(-c4cc5ccccc5o4)ccc3CCN2C(=O)N1c1ccccc1. The number of furan rings is 1. The van der Waals surface area contributed by atoms with Gasteiger partial charge >= 0.3 is 6.03 Å². The van der Waals surface area contributed by atoms with Crippen LogP contribution in [0, 0.1) is 0 Å². The van der Waals surface area contributed by atoms with Crippen molar-refractivity contribution < 1.29 is 14.0 Å². The van der Waals surface area contributed by atoms with Gasteiger partial charge in [0.1, 0.15) is 11.3 Å². The number of anilines is 1. The van der Waals surface area contributed by atoms with E-state index >= 15 is 0 Å². The fourth-order valence-corrected chi connectivity index (χ4v) is 4.75. The maximum Gasteiger partial charge on any atom is 0.331 e. The highest BCUT2D eigenvalue weighted by molar-refractivity contribution is 6.16. The first kappa shape index (κ1) is 18.0. The normalized spacial score (nSPS) is 18.3. The van der Waals surface area contributed by atoms with E-state index in [1.54, 1.807) is 12.1 Å². The number of fused-ring (bicyclic) bond motifs is 4. The van der Waals surface area contributed by atoms with Crippen LogP contribution in [-0.2, 0) is 11.2 Å². The van der Waals surface area contributed by atoms with Crippen molar-refractivity contribution in [1.29, 1.82) is 0 Å². The van der Waals surface area contributed by atoms with E-state index in [-0.39, 0.29) is 24.4 Å². The van der Waals surface area contributed by atoms with Crippen LogP contribution in [-0.4, -0.2) is 23.4 Å². The fraction of sp³-hybridized carbons (Fsp3) is 0.154. The fourth-order valence-electron chi connectivity index (χ4n) is 4.75. The molecule has 1 unspecified atom stereocenters. The zero-order valence-corrected chi connectivity index (χ0v) is 16.8. The van der Waals surface area contributed by atoms with Crippen LogP contribution >= 0.6 is 0 Å². The Labute approximate surface area is 179 Å². The lowest BCUT2D eigenvalue weighted by molar-refractivity contribution is -0.120. The Balaban J connectivity index is 1.38. The lowest BCUT2D eigenvalue weighted by Crippen LogP contribution is -2.55. The van der Waals surface area contributed by atoms with Crippen LogP contribution in [0.2, 0.25) is 0 Å². The van der Waals surface area contributed by atoms with E-state index in [4.69, 9.17) is 4.42 Å². The predicted octanol–water partition coefficient (Wildman–Crippen LogP) is 5.56. The summed E-state index contributed by atoms with van der Waals surface area (Å²) in [5.41, 5.74) is 4.66. The second-order valence-electron chi connectivity index (χ2n) is 8.07. The Kier molecular flexibility index (Phi) is 3.96. The summed E-state index contributed by atoms with van der Waals surface area (Å²) in [5, 5.41) is 1.05. The van der Waals surface area contributed by atoms with Gasteiger partial charge in [-0.3, -0.25) is 4.79 Å². The number of urea groups is 1. The summed E-state index contributed by atoms with van der Waals surface area (Å²) < 4.78 is 6.04. The monoisotopic (exact) mass is 408 g/mol. The quantitative estimate of drug-likeness (QED) is 0.437. The number of amides is 3. The van der Waals surface area contributed by atoms with Crippen molar-refractivity contribution in [3.05, 3.63) is 90.0 Å². The molecule has 0 radical (unpaired) electrons. The Morgan fingerprint density at radius 2 is 1.68 bits per heavy atom. The van der Waals surface area contributed by atoms with Crippen molar-refractivity contribution in [2.45, 2.75) is 18.9 Å². The van der Waals surface area contributed by atoms with Crippen LogP contribution in [0.15, 0.2) is 83.3 Å². The van der Waals surface area contributed by atoms with Crippen molar-refractivity contribution in [2.24, 2.45) is 0 Å². The van der Waals surface area contributed by atoms with Gasteiger partial charge in [-0.05, 0) is 47.9 Å². The molecular formula is C26H20N2O3. The molecule has 5 heteroatoms. The summed E-state index contributed by atoms with van der Waals surface area (Å²) in [5.74, 6) is 0.625. The van der Waals surface area contributed by atoms with Gasteiger partial charge < -0.3 is 9.32 Å². The van der Waals surface area contributed by atoms with E-state index in [0.717, 1.165) is 34.3 Å². The topological polar surface area (TPSA) is 53.8 Å². The van der Waals surface area contributed by atoms with Gasteiger partial charge in [0, 0.05) is 17.5 Å². The van der Waals surface area contributed by atoms with Crippen LogP contribution in [0.4, 0.5) is 10.5 Å². The average Bonchev–Trinajstić information content (AvgIpc) is 3.24. The molecule has 1 fully saturated rings. The van der Waals surface area contributed by atoms with Crippen LogP contribution in [0.25, 0.3) is 22.3 Å². The molecule has 0 spiro atoms. The molecule has 0 aliphatic carbocycles. The van der Waals surface area contributed by atoms with E-state index < -0.39 is 0 Å². The minimum absolute atomic E-state index is 0.167. The van der Waals surface area contributed by atoms with Crippen molar-refractivity contribution in [3.63, 3.8) is 0 Å². The van der Waals surface area contributed by atoms with Crippen LogP contribution < -0.4 is 4.90 Å². The van der Waals surface area contributed by atoms with E-state index in [2.05, 4.69) is 18.2 Å². The number of carbonyl (C=O) groups is 2. The molecule has 4 aromatic rings. The Morgan fingerprint density at radius 1 is 0.871 bits per heavy atom. The number of hydrogen-bond donors (Lipinski definition) is 0. The smallest absolute Gasteiger partial charge is 0.331 e. The summed E-state index contributed by atoms with van der Waals surface area (Å²) in [6.07, 6.45) is 1.05. The molecule has 5 nitrogen and oxygen atoms in total. The van der Waals surface area contributed by atoms with Crippen molar-refractivity contribution in [1.82, 2.24) is 4.90 Å². The van der Waals surface area contributed by atoms with E-state index in [0.29, 0.717) is 12.2 Å². The van der Waals surface area contributed by atoms with Crippen LogP contribution in [0.3, 0.4) is 0 Å². The van der Waals surface area contributed by atoms with E-state index in [9.17, 15) is 9.59 Å². The van der Waals surface area contributed by atoms with Gasteiger partial charge in [0.2, 0.25) is 5.91 Å². The van der Waals surface area contributed by atoms with Crippen molar-refractivity contribution in [3.8, 4) is 11.3 Å². The summed E-state index contributed by atoms with van der Waals surface area (Å²) in [4.78, 5) is 29.4. The standard InChI is InChI=1S/C26H20N2O3/c29-25-16-22-21-14-19(24-15-18-6-4-5-9-23(18)31-24)11-10-17(21)12-13-27(22)26(30)28(25)20-7-2-1-3-8-20/h1-11,14-15,22H,12-13,16H2. The summed E-state index contributed by atoms with van der Waals surface area (Å²) in [6.45, 7) is 0.608. The molecule has 1 atom stereocenters. The Morgan fingerprint density at radius 3 is 2.52 bits per heavy atom. The lowest BCUT2D eigenvalue weighted by Gasteiger charge is -2.43. The molecule has 3 amide bonds. The summed E-state index contributed by atoms with van der Waals surface area (Å²) >= 11 is 0. The Bertz CT molecular complexity index is 1290. The van der Waals surface area contributed by atoms with Gasteiger partial charge in [-0.15, -0.1) is 0 Å². The summed E-state index contributed by atoms with van der Waals surface area (Å²) in [6, 6.07) is 24.9. The zero-order chi connectivity index (χ0) is 20.9. The minimum atomic E-state index is -0.243. The van der Waals surface area contributed by atoms with Gasteiger partial charge in [-0.2, -0.15) is 0 Å². The number of hydrogen-bond acceptors (Lipinski definition) is 3. The second-order valence-corrected chi connectivity index (χ2v) is 8.07. The van der Waals surface area contributed by atoms with Crippen LogP contribution in [0.1, 0.15) is 23.6 Å². The predicted molar refractivity (Wildman–Crippen MR) is 119 cm³/mol. The number of imide groups is 1. The maximum absolute atomic E-state index is 13.3. The minimum Gasteiger partial charge on any atom is -0.456 e. The third-order valence-electron chi connectivity index (χ3n) is 6.28. The average molecular weight is 408 g/mol. The molecule has 3 heterocycles. The largest absolute Gasteiger partial charge is 0.456 e. The van der Waals surface area contributed by atoms with E-state index in [1.807, 2.05) is 53.4 Å². The molecular weight excluding hydrogens is 388 g/mol.